The van der Waals surface area contributed by atoms with Gasteiger partial charge in [-0.15, -0.1) is 0 Å². The van der Waals surface area contributed by atoms with Crippen LogP contribution >= 0.6 is 74.5 Å². The molecule has 7 heteroatoms. The van der Waals surface area contributed by atoms with E-state index in [0.717, 1.165) is 0 Å². The van der Waals surface area contributed by atoms with Crippen LogP contribution < -0.4 is 5.73 Å². The van der Waals surface area contributed by atoms with Gasteiger partial charge in [-0.2, -0.15) is 0 Å². The Morgan fingerprint density at radius 3 is 1.25 bits per heavy atom. The van der Waals surface area contributed by atoms with E-state index in [1.54, 1.807) is 0 Å². The van der Waals surface area contributed by atoms with Crippen molar-refractivity contribution in [3.63, 3.8) is 0 Å². The van der Waals surface area contributed by atoms with E-state index in [4.69, 9.17) is 4.79 Å². The molecule has 0 atom stereocenters. The summed E-state index contributed by atoms with van der Waals surface area (Å²) in [5.74, 6) is 0. The zero-order chi connectivity index (χ0) is 7.21. The third-order valence-corrected chi connectivity index (χ3v) is 0. The van der Waals surface area contributed by atoms with Crippen molar-refractivity contribution >= 4 is 83.4 Å². The molecule has 2 nitrogen and oxygen atoms in total. The van der Waals surface area contributed by atoms with Crippen LogP contribution in [0.15, 0.2) is 0 Å². The molecule has 0 aliphatic carbocycles. The number of amides is 1. The second kappa shape index (κ2) is 8.29. The number of nitrogens with two attached hydrogens (primary N) is 1. The average molecular weight is 671 g/mol. The second-order valence-corrected chi connectivity index (χ2v) is 130. The Labute approximate surface area is 91.1 Å². The van der Waals surface area contributed by atoms with E-state index in [1.807, 2.05) is 0 Å². The van der Waals surface area contributed by atoms with E-state index in [-0.39, 0.29) is 6.41 Å². The van der Waals surface area contributed by atoms with Gasteiger partial charge in [-0.1, -0.05) is 0 Å². The SMILES string of the molecule is NC=O.[I][Sn]([I])([I])[I]. The van der Waals surface area contributed by atoms with Gasteiger partial charge in [0.25, 0.3) is 0 Å². The molecule has 0 rings (SSSR count). The predicted octanol–water partition coefficient (Wildman–Crippen LogP) is 2.26. The summed E-state index contributed by atoms with van der Waals surface area (Å²) < 4.78 is -1.30. The summed E-state index contributed by atoms with van der Waals surface area (Å²) in [5.41, 5.74) is 4.17. The van der Waals surface area contributed by atoms with E-state index in [2.05, 4.69) is 80.3 Å². The van der Waals surface area contributed by atoms with Gasteiger partial charge in [0.1, 0.15) is 0 Å². The molecule has 0 aliphatic heterocycles. The van der Waals surface area contributed by atoms with Gasteiger partial charge >= 0.3 is 77.0 Å². The number of rotatable bonds is 0. The van der Waals surface area contributed by atoms with Crippen molar-refractivity contribution in [3.05, 3.63) is 0 Å². The molecule has 0 aromatic carbocycles. The summed E-state index contributed by atoms with van der Waals surface area (Å²) in [6.45, 7) is 0. The summed E-state index contributed by atoms with van der Waals surface area (Å²) in [6, 6.07) is 0. The summed E-state index contributed by atoms with van der Waals surface area (Å²) in [6.07, 6.45) is 0.250. The molecule has 0 heterocycles. The van der Waals surface area contributed by atoms with Gasteiger partial charge in [-0.05, 0) is 0 Å². The molecule has 8 heavy (non-hydrogen) atoms. The maximum atomic E-state index is 8.58. The van der Waals surface area contributed by atoms with E-state index in [9.17, 15) is 0 Å². The van der Waals surface area contributed by atoms with Gasteiger partial charge in [-0.3, -0.25) is 4.79 Å². The molecule has 0 unspecified atom stereocenters. The molecular formula is CH3I4NOSn. The molecule has 1 amide bonds. The minimum atomic E-state index is -1.30. The van der Waals surface area contributed by atoms with Crippen LogP contribution in [0.3, 0.4) is 0 Å². The first kappa shape index (κ1) is 13.8. The standard InChI is InChI=1S/CH3NO.4HI.Sn/c2-1-3;;;;;/h1H,(H2,2,3);4*1H;/q;;;;;+4/p-4. The van der Waals surface area contributed by atoms with Gasteiger partial charge in [0.2, 0.25) is 6.41 Å². The van der Waals surface area contributed by atoms with Gasteiger partial charge in [0, 0.05) is 0 Å². The molecule has 2 N–H and O–H groups in total. The molecule has 0 aromatic heterocycles. The Morgan fingerprint density at radius 1 is 1.25 bits per heavy atom. The Balaban J connectivity index is 0. The van der Waals surface area contributed by atoms with Crippen LogP contribution in [0, 0.1) is 0 Å². The Bertz CT molecular complexity index is 55.5. The van der Waals surface area contributed by atoms with Crippen LogP contribution in [0.5, 0.6) is 0 Å². The quantitative estimate of drug-likeness (QED) is 0.240. The van der Waals surface area contributed by atoms with Crippen molar-refractivity contribution in [1.82, 2.24) is 0 Å². The molecule has 0 aliphatic rings. The first-order chi connectivity index (χ1) is 3.41. The Morgan fingerprint density at radius 2 is 1.25 bits per heavy atom. The van der Waals surface area contributed by atoms with Crippen LogP contribution in [0.25, 0.3) is 0 Å². The van der Waals surface area contributed by atoms with E-state index in [0.29, 0.717) is 0 Å². The third kappa shape index (κ3) is 60.6. The number of halogens is 4. The van der Waals surface area contributed by atoms with E-state index < -0.39 is 2.50 Å². The molecule has 0 aromatic rings. The van der Waals surface area contributed by atoms with Crippen molar-refractivity contribution < 1.29 is 4.79 Å². The summed E-state index contributed by atoms with van der Waals surface area (Å²) in [5, 5.41) is 0. The van der Waals surface area contributed by atoms with Crippen molar-refractivity contribution in [2.24, 2.45) is 5.73 Å². The normalized spacial score (nSPS) is 9.00. The van der Waals surface area contributed by atoms with Crippen LogP contribution in [-0.4, -0.2) is 8.91 Å². The number of hydrogen-bond donors (Lipinski definition) is 1. The van der Waals surface area contributed by atoms with Crippen LogP contribution in [0.4, 0.5) is 0 Å². The zero-order valence-corrected chi connectivity index (χ0v) is 15.1. The molecule has 0 bridgehead atoms. The predicted molar refractivity (Wildman–Crippen MR) is 72.1 cm³/mol. The van der Waals surface area contributed by atoms with Crippen molar-refractivity contribution in [3.8, 4) is 0 Å². The monoisotopic (exact) mass is 673 g/mol. The van der Waals surface area contributed by atoms with E-state index in [1.165, 1.54) is 0 Å². The Hall–Kier alpha value is 3.19. The van der Waals surface area contributed by atoms with Gasteiger partial charge in [-0.25, -0.2) is 0 Å². The van der Waals surface area contributed by atoms with Crippen LogP contribution in [-0.2, 0) is 4.79 Å². The topological polar surface area (TPSA) is 43.1 Å². The summed E-state index contributed by atoms with van der Waals surface area (Å²) >= 11 is 10.2. The fourth-order valence-electron chi connectivity index (χ4n) is 0. The zero-order valence-electron chi connectivity index (χ0n) is 3.57. The molecule has 0 fully saturated rings. The number of carbonyl (C=O) groups is 1. The van der Waals surface area contributed by atoms with Crippen molar-refractivity contribution in [2.75, 3.05) is 0 Å². The fourth-order valence-corrected chi connectivity index (χ4v) is 0. The first-order valence-corrected chi connectivity index (χ1v) is 34.6. The molecule has 0 spiro atoms. The van der Waals surface area contributed by atoms with Crippen molar-refractivity contribution in [1.29, 1.82) is 0 Å². The fraction of sp³-hybridized carbons (Fsp3) is 0. The van der Waals surface area contributed by atoms with E-state index >= 15 is 0 Å². The van der Waals surface area contributed by atoms with Gasteiger partial charge in [0.15, 0.2) is 0 Å². The minimum absolute atomic E-state index is 0.250. The molecule has 0 saturated carbocycles. The van der Waals surface area contributed by atoms with Gasteiger partial charge < -0.3 is 5.73 Å². The molecular weight excluding hydrogens is 668 g/mol. The molecule has 50 valence electrons. The average Bonchev–Trinajstić information content (AvgIpc) is 1.27. The Kier molecular flexibility index (Phi) is 14.2. The third-order valence-electron chi connectivity index (χ3n) is 0. The molecule has 0 radical (unpaired) electrons. The van der Waals surface area contributed by atoms with Crippen LogP contribution in [0.1, 0.15) is 0 Å². The number of carbonyl (C=O) groups excluding carboxylic acids is 1. The summed E-state index contributed by atoms with van der Waals surface area (Å²) in [7, 11) is 0. The molecule has 0 saturated heterocycles. The van der Waals surface area contributed by atoms with Crippen molar-refractivity contribution in [2.45, 2.75) is 0 Å². The number of primary amides is 1. The number of hydrogen-bond acceptors (Lipinski definition) is 1. The second-order valence-electron chi connectivity index (χ2n) is 0.565. The maximum absolute atomic E-state index is 8.58. The van der Waals surface area contributed by atoms with Gasteiger partial charge in [0.05, 0.1) is 0 Å². The van der Waals surface area contributed by atoms with Crippen LogP contribution in [0.2, 0.25) is 0 Å². The first-order valence-electron chi connectivity index (χ1n) is 1.32. The summed E-state index contributed by atoms with van der Waals surface area (Å²) in [4.78, 5) is 8.58.